The van der Waals surface area contributed by atoms with Gasteiger partial charge in [-0.25, -0.2) is 14.6 Å². The molecule has 0 unspecified atom stereocenters. The highest BCUT2D eigenvalue weighted by molar-refractivity contribution is 6.12. The van der Waals surface area contributed by atoms with Crippen molar-refractivity contribution in [1.29, 1.82) is 0 Å². The molecular weight excluding hydrogens is 382 g/mol. The summed E-state index contributed by atoms with van der Waals surface area (Å²) >= 11 is 0. The molecule has 148 valence electrons. The summed E-state index contributed by atoms with van der Waals surface area (Å²) < 4.78 is 16.0. The van der Waals surface area contributed by atoms with E-state index in [0.717, 1.165) is 5.56 Å². The number of hydrogen-bond donors (Lipinski definition) is 0. The first-order valence-corrected chi connectivity index (χ1v) is 9.17. The first-order valence-electron chi connectivity index (χ1n) is 9.17. The zero-order valence-corrected chi connectivity index (χ0v) is 16.1. The van der Waals surface area contributed by atoms with E-state index in [0.29, 0.717) is 16.9 Å². The summed E-state index contributed by atoms with van der Waals surface area (Å²) in [4.78, 5) is 28.8. The molecule has 0 amide bonds. The molecule has 0 aromatic heterocycles. The van der Waals surface area contributed by atoms with E-state index < -0.39 is 11.9 Å². The van der Waals surface area contributed by atoms with Crippen LogP contribution in [0.15, 0.2) is 89.6 Å². The predicted octanol–water partition coefficient (Wildman–Crippen LogP) is 4.26. The normalized spacial score (nSPS) is 14.2. The maximum atomic E-state index is 12.3. The number of aliphatic imine (C=N–C) groups is 1. The molecule has 0 saturated heterocycles. The van der Waals surface area contributed by atoms with Gasteiger partial charge in [0.1, 0.15) is 0 Å². The van der Waals surface area contributed by atoms with Crippen molar-refractivity contribution in [3.8, 4) is 11.5 Å². The van der Waals surface area contributed by atoms with Gasteiger partial charge in [0.05, 0.1) is 12.7 Å². The van der Waals surface area contributed by atoms with E-state index in [1.54, 1.807) is 48.5 Å². The van der Waals surface area contributed by atoms with Crippen LogP contribution in [0.4, 0.5) is 0 Å². The third-order valence-electron chi connectivity index (χ3n) is 4.34. The Balaban J connectivity index is 1.58. The van der Waals surface area contributed by atoms with Crippen molar-refractivity contribution in [3.05, 3.63) is 101 Å². The van der Waals surface area contributed by atoms with Gasteiger partial charge in [-0.15, -0.1) is 0 Å². The Morgan fingerprint density at radius 3 is 2.33 bits per heavy atom. The minimum Gasteiger partial charge on any atom is -0.493 e. The number of hydrogen-bond acceptors (Lipinski definition) is 6. The minimum atomic E-state index is -0.535. The van der Waals surface area contributed by atoms with Crippen molar-refractivity contribution in [2.24, 2.45) is 4.99 Å². The highest BCUT2D eigenvalue weighted by Crippen LogP contribution is 2.30. The summed E-state index contributed by atoms with van der Waals surface area (Å²) in [5.74, 6) is -0.139. The highest BCUT2D eigenvalue weighted by atomic mass is 16.6. The number of ether oxygens (including phenoxy) is 3. The number of nitrogens with zero attached hydrogens (tertiary/aromatic N) is 1. The number of rotatable bonds is 5. The van der Waals surface area contributed by atoms with Crippen LogP contribution in [0.3, 0.4) is 0 Å². The van der Waals surface area contributed by atoms with E-state index in [9.17, 15) is 9.59 Å². The van der Waals surface area contributed by atoms with Crippen LogP contribution in [0, 0.1) is 0 Å². The number of methoxy groups -OCH3 is 1. The fourth-order valence-electron chi connectivity index (χ4n) is 2.86. The standard InChI is InChI=1S/C24H17NO5/c1-28-21-15-16(12-13-20(21)29-23(26)18-10-6-3-7-11-18)14-19-24(27)30-22(25-19)17-8-4-2-5-9-17/h2-15H,1H3/b19-14-. The number of carbonyl (C=O) groups is 2. The molecule has 3 aromatic rings. The molecule has 1 aliphatic heterocycles. The van der Waals surface area contributed by atoms with Crippen molar-refractivity contribution in [2.75, 3.05) is 7.11 Å². The van der Waals surface area contributed by atoms with Crippen LogP contribution in [0.2, 0.25) is 0 Å². The van der Waals surface area contributed by atoms with Crippen molar-refractivity contribution < 1.29 is 23.8 Å². The molecule has 1 aliphatic rings. The molecule has 4 rings (SSSR count). The fourth-order valence-corrected chi connectivity index (χ4v) is 2.86. The largest absolute Gasteiger partial charge is 0.493 e. The van der Waals surface area contributed by atoms with E-state index in [1.165, 1.54) is 7.11 Å². The van der Waals surface area contributed by atoms with Crippen LogP contribution < -0.4 is 9.47 Å². The van der Waals surface area contributed by atoms with Gasteiger partial charge in [0.15, 0.2) is 17.2 Å². The Bertz CT molecular complexity index is 1150. The molecule has 0 N–H and O–H groups in total. The topological polar surface area (TPSA) is 74.2 Å². The third-order valence-corrected chi connectivity index (χ3v) is 4.34. The van der Waals surface area contributed by atoms with Crippen LogP contribution in [0.25, 0.3) is 6.08 Å². The number of esters is 2. The molecule has 0 saturated carbocycles. The SMILES string of the molecule is COc1cc(/C=C2\N=C(c3ccccc3)OC2=O)ccc1OC(=O)c1ccccc1. The molecule has 0 bridgehead atoms. The monoisotopic (exact) mass is 399 g/mol. The summed E-state index contributed by atoms with van der Waals surface area (Å²) in [6, 6.07) is 22.8. The second-order valence-electron chi connectivity index (χ2n) is 6.37. The molecule has 0 aliphatic carbocycles. The number of cyclic esters (lactones) is 1. The van der Waals surface area contributed by atoms with Crippen molar-refractivity contribution >= 4 is 23.9 Å². The lowest BCUT2D eigenvalue weighted by Crippen LogP contribution is -2.09. The van der Waals surface area contributed by atoms with Gasteiger partial charge < -0.3 is 14.2 Å². The second kappa shape index (κ2) is 8.45. The molecule has 6 heteroatoms. The summed E-state index contributed by atoms with van der Waals surface area (Å²) in [5, 5.41) is 0. The van der Waals surface area contributed by atoms with Gasteiger partial charge in [-0.3, -0.25) is 0 Å². The van der Waals surface area contributed by atoms with Gasteiger partial charge in [-0.1, -0.05) is 42.5 Å². The van der Waals surface area contributed by atoms with Crippen molar-refractivity contribution in [2.45, 2.75) is 0 Å². The fraction of sp³-hybridized carbons (Fsp3) is 0.0417. The average Bonchev–Trinajstić information content (AvgIpc) is 3.16. The van der Waals surface area contributed by atoms with E-state index >= 15 is 0 Å². The molecule has 1 heterocycles. The summed E-state index contributed by atoms with van der Waals surface area (Å²) in [6.07, 6.45) is 1.59. The quantitative estimate of drug-likeness (QED) is 0.364. The Kier molecular flexibility index (Phi) is 5.39. The smallest absolute Gasteiger partial charge is 0.363 e. The Labute approximate surface area is 173 Å². The maximum Gasteiger partial charge on any atom is 0.363 e. The first-order chi connectivity index (χ1) is 14.6. The number of benzene rings is 3. The first kappa shape index (κ1) is 19.1. The minimum absolute atomic E-state index is 0.171. The third kappa shape index (κ3) is 4.12. The number of carbonyl (C=O) groups excluding carboxylic acids is 2. The molecule has 0 spiro atoms. The highest BCUT2D eigenvalue weighted by Gasteiger charge is 2.24. The Hall–Kier alpha value is -4.19. The van der Waals surface area contributed by atoms with Crippen LogP contribution in [-0.2, 0) is 9.53 Å². The van der Waals surface area contributed by atoms with Gasteiger partial charge >= 0.3 is 11.9 Å². The van der Waals surface area contributed by atoms with E-state index in [4.69, 9.17) is 14.2 Å². The van der Waals surface area contributed by atoms with Crippen molar-refractivity contribution in [3.63, 3.8) is 0 Å². The average molecular weight is 399 g/mol. The van der Waals surface area contributed by atoms with E-state index in [-0.39, 0.29) is 17.3 Å². The second-order valence-corrected chi connectivity index (χ2v) is 6.37. The van der Waals surface area contributed by atoms with Crippen molar-refractivity contribution in [1.82, 2.24) is 0 Å². The Morgan fingerprint density at radius 2 is 1.63 bits per heavy atom. The maximum absolute atomic E-state index is 12.3. The molecular formula is C24H17NO5. The van der Waals surface area contributed by atoms with Crippen LogP contribution >= 0.6 is 0 Å². The zero-order chi connectivity index (χ0) is 20.9. The molecule has 0 radical (unpaired) electrons. The zero-order valence-electron chi connectivity index (χ0n) is 16.1. The van der Waals surface area contributed by atoms with Gasteiger partial charge in [-0.05, 0) is 48.0 Å². The molecule has 3 aromatic carbocycles. The van der Waals surface area contributed by atoms with Gasteiger partial charge in [0, 0.05) is 5.56 Å². The molecule has 30 heavy (non-hydrogen) atoms. The summed E-state index contributed by atoms with van der Waals surface area (Å²) in [5.41, 5.74) is 1.97. The van der Waals surface area contributed by atoms with Gasteiger partial charge in [0.2, 0.25) is 5.90 Å². The van der Waals surface area contributed by atoms with Crippen LogP contribution in [0.1, 0.15) is 21.5 Å². The Morgan fingerprint density at radius 1 is 0.933 bits per heavy atom. The van der Waals surface area contributed by atoms with Gasteiger partial charge in [0.25, 0.3) is 0 Å². The van der Waals surface area contributed by atoms with Crippen LogP contribution in [0.5, 0.6) is 11.5 Å². The lowest BCUT2D eigenvalue weighted by Gasteiger charge is -2.10. The molecule has 0 atom stereocenters. The molecule has 0 fully saturated rings. The lowest BCUT2D eigenvalue weighted by molar-refractivity contribution is -0.129. The van der Waals surface area contributed by atoms with Gasteiger partial charge in [-0.2, -0.15) is 0 Å². The van der Waals surface area contributed by atoms with E-state index in [1.807, 2.05) is 36.4 Å². The summed E-state index contributed by atoms with van der Waals surface area (Å²) in [6.45, 7) is 0. The summed E-state index contributed by atoms with van der Waals surface area (Å²) in [7, 11) is 1.47. The predicted molar refractivity (Wildman–Crippen MR) is 111 cm³/mol. The van der Waals surface area contributed by atoms with E-state index in [2.05, 4.69) is 4.99 Å². The van der Waals surface area contributed by atoms with Crippen LogP contribution in [-0.4, -0.2) is 24.9 Å². The molecule has 6 nitrogen and oxygen atoms in total. The lowest BCUT2D eigenvalue weighted by atomic mass is 10.1.